The molecule has 1 aromatic rings. The number of aryl methyl sites for hydroxylation is 1. The Balaban J connectivity index is 2.10. The van der Waals surface area contributed by atoms with E-state index in [4.69, 9.17) is 0 Å². The average molecular weight is 305 g/mol. The van der Waals surface area contributed by atoms with Gasteiger partial charge in [-0.25, -0.2) is 0 Å². The highest BCUT2D eigenvalue weighted by Crippen LogP contribution is 2.24. The Kier molecular flexibility index (Phi) is 9.47. The van der Waals surface area contributed by atoms with Crippen LogP contribution >= 0.6 is 0 Å². The number of quaternary nitrogens is 1. The summed E-state index contributed by atoms with van der Waals surface area (Å²) in [5, 5.41) is 0. The molecule has 0 fully saturated rings. The van der Waals surface area contributed by atoms with Crippen LogP contribution in [0.1, 0.15) is 76.7 Å². The van der Waals surface area contributed by atoms with Crippen molar-refractivity contribution in [3.63, 3.8) is 0 Å². The second-order valence-electron chi connectivity index (χ2n) is 7.38. The monoisotopic (exact) mass is 304 g/mol. The van der Waals surface area contributed by atoms with Crippen LogP contribution < -0.4 is 4.48 Å². The molecule has 1 heteroatoms. The number of hydrogen-bond donors (Lipinski definition) is 0. The molecular formula is C21H38N+. The Hall–Kier alpha value is -0.820. The van der Waals surface area contributed by atoms with E-state index in [1.54, 1.807) is 0 Å². The zero-order chi connectivity index (χ0) is 16.3. The fraction of sp³-hybridized carbons (Fsp3) is 0.714. The molecule has 0 spiro atoms. The molecule has 126 valence electrons. The van der Waals surface area contributed by atoms with E-state index in [9.17, 15) is 0 Å². The van der Waals surface area contributed by atoms with E-state index in [2.05, 4.69) is 52.2 Å². The van der Waals surface area contributed by atoms with Crippen LogP contribution in [0.5, 0.6) is 0 Å². The topological polar surface area (TPSA) is 0 Å². The number of rotatable bonds is 12. The van der Waals surface area contributed by atoms with Gasteiger partial charge in [0.1, 0.15) is 5.69 Å². The van der Waals surface area contributed by atoms with Crippen molar-refractivity contribution in [3.05, 3.63) is 29.8 Å². The van der Waals surface area contributed by atoms with Gasteiger partial charge in [-0.1, -0.05) is 76.5 Å². The third-order valence-electron chi connectivity index (χ3n) is 4.84. The standard InChI is InChI=1S/C21H38N/c1-5-6-7-8-9-10-11-12-13-16-19-22(3,4)21-18-15-14-17-20(21)2/h14-15,17-18H,5-13,16,19H2,1-4H3/q+1. The Morgan fingerprint density at radius 1 is 0.727 bits per heavy atom. The minimum atomic E-state index is 1.02. The summed E-state index contributed by atoms with van der Waals surface area (Å²) in [5.41, 5.74) is 2.89. The quantitative estimate of drug-likeness (QED) is 0.306. The molecule has 0 aliphatic carbocycles. The highest BCUT2D eigenvalue weighted by atomic mass is 15.3. The molecule has 0 N–H and O–H groups in total. The molecule has 0 bridgehead atoms. The summed E-state index contributed by atoms with van der Waals surface area (Å²) in [5.74, 6) is 0. The van der Waals surface area contributed by atoms with Gasteiger partial charge in [0.15, 0.2) is 0 Å². The number of benzene rings is 1. The Labute approximate surface area is 139 Å². The summed E-state index contributed by atoms with van der Waals surface area (Å²) in [7, 11) is 4.69. The minimum Gasteiger partial charge on any atom is -0.296 e. The lowest BCUT2D eigenvalue weighted by Gasteiger charge is -2.30. The smallest absolute Gasteiger partial charge is 0.135 e. The fourth-order valence-electron chi connectivity index (χ4n) is 3.36. The predicted octanol–water partition coefficient (Wildman–Crippen LogP) is 6.48. The van der Waals surface area contributed by atoms with E-state index in [0.717, 1.165) is 4.48 Å². The molecule has 0 aliphatic heterocycles. The first-order chi connectivity index (χ1) is 10.6. The third kappa shape index (κ3) is 7.45. The highest BCUT2D eigenvalue weighted by molar-refractivity contribution is 5.48. The van der Waals surface area contributed by atoms with E-state index in [-0.39, 0.29) is 0 Å². The van der Waals surface area contributed by atoms with E-state index in [1.807, 2.05) is 0 Å². The Morgan fingerprint density at radius 3 is 1.77 bits per heavy atom. The van der Waals surface area contributed by atoms with Crippen molar-refractivity contribution in [2.75, 3.05) is 20.6 Å². The van der Waals surface area contributed by atoms with Gasteiger partial charge >= 0.3 is 0 Å². The van der Waals surface area contributed by atoms with E-state index < -0.39 is 0 Å². The van der Waals surface area contributed by atoms with Crippen LogP contribution in [0.2, 0.25) is 0 Å². The summed E-state index contributed by atoms with van der Waals surface area (Å²) < 4.78 is 1.02. The lowest BCUT2D eigenvalue weighted by molar-refractivity contribution is 0.379. The van der Waals surface area contributed by atoms with Crippen LogP contribution in [0.4, 0.5) is 5.69 Å². The molecule has 0 radical (unpaired) electrons. The number of hydrogen-bond acceptors (Lipinski definition) is 0. The van der Waals surface area contributed by atoms with Gasteiger partial charge in [-0.05, 0) is 25.8 Å². The van der Waals surface area contributed by atoms with Gasteiger partial charge in [-0.3, -0.25) is 4.48 Å². The molecule has 0 unspecified atom stereocenters. The van der Waals surface area contributed by atoms with Gasteiger partial charge in [0.05, 0.1) is 20.6 Å². The first-order valence-corrected chi connectivity index (χ1v) is 9.47. The van der Waals surface area contributed by atoms with Crippen LogP contribution in [0.3, 0.4) is 0 Å². The van der Waals surface area contributed by atoms with Crippen molar-refractivity contribution in [1.82, 2.24) is 4.48 Å². The van der Waals surface area contributed by atoms with E-state index in [0.29, 0.717) is 0 Å². The maximum atomic E-state index is 2.34. The highest BCUT2D eigenvalue weighted by Gasteiger charge is 2.19. The first-order valence-electron chi connectivity index (χ1n) is 9.47. The largest absolute Gasteiger partial charge is 0.296 e. The van der Waals surface area contributed by atoms with Crippen LogP contribution in [0.15, 0.2) is 24.3 Å². The Bertz CT molecular complexity index is 395. The summed E-state index contributed by atoms with van der Waals surface area (Å²) >= 11 is 0. The Morgan fingerprint density at radius 2 is 1.23 bits per heavy atom. The molecule has 0 aliphatic rings. The van der Waals surface area contributed by atoms with Gasteiger partial charge in [-0.15, -0.1) is 0 Å². The molecule has 22 heavy (non-hydrogen) atoms. The van der Waals surface area contributed by atoms with E-state index in [1.165, 1.54) is 82.0 Å². The zero-order valence-corrected chi connectivity index (χ0v) is 15.5. The number of para-hydroxylation sites is 1. The molecule has 0 amide bonds. The number of unbranched alkanes of at least 4 members (excludes halogenated alkanes) is 9. The maximum absolute atomic E-state index is 2.34. The van der Waals surface area contributed by atoms with Crippen LogP contribution in [-0.4, -0.2) is 20.6 Å². The van der Waals surface area contributed by atoms with Gasteiger partial charge in [0.25, 0.3) is 0 Å². The second-order valence-corrected chi connectivity index (χ2v) is 7.38. The summed E-state index contributed by atoms with van der Waals surface area (Å²) in [4.78, 5) is 0. The van der Waals surface area contributed by atoms with Gasteiger partial charge in [-0.2, -0.15) is 0 Å². The van der Waals surface area contributed by atoms with Crippen molar-refractivity contribution in [3.8, 4) is 0 Å². The maximum Gasteiger partial charge on any atom is 0.135 e. The molecule has 1 rings (SSSR count). The molecule has 0 saturated heterocycles. The summed E-state index contributed by atoms with van der Waals surface area (Å²) in [6.07, 6.45) is 14.2. The van der Waals surface area contributed by atoms with Crippen LogP contribution in [0.25, 0.3) is 0 Å². The lowest BCUT2D eigenvalue weighted by Crippen LogP contribution is -2.41. The average Bonchev–Trinajstić information content (AvgIpc) is 2.49. The predicted molar refractivity (Wildman–Crippen MR) is 102 cm³/mol. The molecule has 0 heterocycles. The van der Waals surface area contributed by atoms with Crippen LogP contribution in [0, 0.1) is 6.92 Å². The number of nitrogens with zero attached hydrogens (tertiary/aromatic N) is 1. The summed E-state index contributed by atoms with van der Waals surface area (Å²) in [6.45, 7) is 5.77. The van der Waals surface area contributed by atoms with Gasteiger partial charge in [0, 0.05) is 5.56 Å². The molecular weight excluding hydrogens is 266 g/mol. The molecule has 1 aromatic carbocycles. The van der Waals surface area contributed by atoms with Crippen LogP contribution in [-0.2, 0) is 0 Å². The van der Waals surface area contributed by atoms with Crippen molar-refractivity contribution < 1.29 is 0 Å². The van der Waals surface area contributed by atoms with Crippen molar-refractivity contribution >= 4 is 5.69 Å². The minimum absolute atomic E-state index is 1.02. The third-order valence-corrected chi connectivity index (χ3v) is 4.84. The first kappa shape index (κ1) is 19.2. The normalized spacial score (nSPS) is 11.8. The fourth-order valence-corrected chi connectivity index (χ4v) is 3.36. The lowest BCUT2D eigenvalue weighted by atomic mass is 10.1. The molecule has 0 aromatic heterocycles. The van der Waals surface area contributed by atoms with Crippen molar-refractivity contribution in [1.29, 1.82) is 0 Å². The molecule has 1 nitrogen and oxygen atoms in total. The molecule has 0 saturated carbocycles. The zero-order valence-electron chi connectivity index (χ0n) is 15.5. The van der Waals surface area contributed by atoms with Gasteiger partial charge < -0.3 is 0 Å². The second kappa shape index (κ2) is 10.8. The van der Waals surface area contributed by atoms with Crippen molar-refractivity contribution in [2.24, 2.45) is 0 Å². The SMILES string of the molecule is CCCCCCCCCCCC[N+](C)(C)c1ccccc1C. The van der Waals surface area contributed by atoms with Gasteiger partial charge in [0.2, 0.25) is 0 Å². The molecule has 0 atom stereocenters. The van der Waals surface area contributed by atoms with Crippen molar-refractivity contribution in [2.45, 2.75) is 78.1 Å². The summed E-state index contributed by atoms with van der Waals surface area (Å²) in [6, 6.07) is 8.82. The van der Waals surface area contributed by atoms with E-state index >= 15 is 0 Å².